The summed E-state index contributed by atoms with van der Waals surface area (Å²) in [5, 5.41) is 3.27. The van der Waals surface area contributed by atoms with E-state index in [1.54, 1.807) is 12.1 Å². The van der Waals surface area contributed by atoms with Gasteiger partial charge in [-0.3, -0.25) is 4.79 Å². The lowest BCUT2D eigenvalue weighted by atomic mass is 9.98. The minimum absolute atomic E-state index is 0.00259. The summed E-state index contributed by atoms with van der Waals surface area (Å²) in [6.45, 7) is 6.44. The van der Waals surface area contributed by atoms with Crippen LogP contribution in [0.2, 0.25) is 5.02 Å². The largest absolute Gasteiger partial charge is 0.372 e. The maximum Gasteiger partial charge on any atom is 0.225 e. The molecule has 3 nitrogen and oxygen atoms in total. The molecule has 0 aliphatic carbocycles. The summed E-state index contributed by atoms with van der Waals surface area (Å²) in [4.78, 5) is 14.7. The van der Waals surface area contributed by atoms with Crippen molar-refractivity contribution in [2.24, 2.45) is 5.92 Å². The van der Waals surface area contributed by atoms with Crippen molar-refractivity contribution in [3.63, 3.8) is 0 Å². The van der Waals surface area contributed by atoms with Crippen LogP contribution in [0, 0.1) is 11.7 Å². The molecular weight excluding hydrogens is 363 g/mol. The Kier molecular flexibility index (Phi) is 6.38. The first-order valence-electron chi connectivity index (χ1n) is 9.50. The van der Waals surface area contributed by atoms with Crippen molar-refractivity contribution in [3.8, 4) is 0 Å². The van der Waals surface area contributed by atoms with Crippen LogP contribution in [-0.4, -0.2) is 19.0 Å². The van der Waals surface area contributed by atoms with Gasteiger partial charge in [-0.05, 0) is 61.1 Å². The van der Waals surface area contributed by atoms with Crippen LogP contribution >= 0.6 is 11.6 Å². The second kappa shape index (κ2) is 8.75. The summed E-state index contributed by atoms with van der Waals surface area (Å²) in [6.07, 6.45) is 2.46. The minimum atomic E-state index is -0.453. The summed E-state index contributed by atoms with van der Waals surface area (Å²) < 4.78 is 13.8. The van der Waals surface area contributed by atoms with Crippen LogP contribution in [0.5, 0.6) is 0 Å². The lowest BCUT2D eigenvalue weighted by Gasteiger charge is -2.32. The molecule has 1 N–H and O–H groups in total. The molecule has 0 aromatic heterocycles. The molecule has 2 aromatic carbocycles. The van der Waals surface area contributed by atoms with Gasteiger partial charge in [0.2, 0.25) is 5.91 Å². The van der Waals surface area contributed by atoms with Crippen molar-refractivity contribution in [1.82, 2.24) is 5.32 Å². The summed E-state index contributed by atoms with van der Waals surface area (Å²) in [5.41, 5.74) is 2.61. The van der Waals surface area contributed by atoms with Crippen LogP contribution in [0.4, 0.5) is 10.1 Å². The SMILES string of the molecule is CC1CCN(c2ccc([C@H](C)NC(=O)Cc3ccc(Cl)cc3F)cc2)CC1. The summed E-state index contributed by atoms with van der Waals surface area (Å²) in [5.74, 6) is 0.143. The fraction of sp³-hybridized carbons (Fsp3) is 0.409. The van der Waals surface area contributed by atoms with Gasteiger partial charge >= 0.3 is 0 Å². The monoisotopic (exact) mass is 388 g/mol. The Morgan fingerprint density at radius 1 is 1.22 bits per heavy atom. The normalized spacial score (nSPS) is 16.2. The van der Waals surface area contributed by atoms with Crippen LogP contribution in [0.1, 0.15) is 43.9 Å². The summed E-state index contributed by atoms with van der Waals surface area (Å²) in [7, 11) is 0. The lowest BCUT2D eigenvalue weighted by Crippen LogP contribution is -2.32. The molecule has 144 valence electrons. The van der Waals surface area contributed by atoms with Crippen molar-refractivity contribution in [2.45, 2.75) is 39.2 Å². The second-order valence-corrected chi connectivity index (χ2v) is 7.90. The number of benzene rings is 2. The topological polar surface area (TPSA) is 32.3 Å². The number of piperidine rings is 1. The highest BCUT2D eigenvalue weighted by molar-refractivity contribution is 6.30. The van der Waals surface area contributed by atoms with Crippen LogP contribution in [0.15, 0.2) is 42.5 Å². The van der Waals surface area contributed by atoms with Crippen molar-refractivity contribution < 1.29 is 9.18 Å². The number of carbonyl (C=O) groups is 1. The van der Waals surface area contributed by atoms with E-state index in [1.165, 1.54) is 24.6 Å². The zero-order chi connectivity index (χ0) is 19.4. The number of carbonyl (C=O) groups excluding carboxylic acids is 1. The van der Waals surface area contributed by atoms with Gasteiger partial charge in [-0.25, -0.2) is 4.39 Å². The number of nitrogens with one attached hydrogen (secondary N) is 1. The van der Waals surface area contributed by atoms with E-state index in [0.717, 1.165) is 24.6 Å². The van der Waals surface area contributed by atoms with Gasteiger partial charge in [-0.15, -0.1) is 0 Å². The molecule has 0 spiro atoms. The minimum Gasteiger partial charge on any atom is -0.372 e. The van der Waals surface area contributed by atoms with E-state index in [1.807, 2.05) is 6.92 Å². The molecule has 2 aromatic rings. The smallest absolute Gasteiger partial charge is 0.225 e. The van der Waals surface area contributed by atoms with Gasteiger partial charge in [0.15, 0.2) is 0 Å². The van der Waals surface area contributed by atoms with Crippen LogP contribution in [-0.2, 0) is 11.2 Å². The number of amides is 1. The molecule has 1 fully saturated rings. The Morgan fingerprint density at radius 3 is 2.52 bits per heavy atom. The quantitative estimate of drug-likeness (QED) is 0.769. The van der Waals surface area contributed by atoms with Gasteiger partial charge in [0, 0.05) is 23.8 Å². The number of hydrogen-bond donors (Lipinski definition) is 1. The molecule has 1 heterocycles. The predicted octanol–water partition coefficient (Wildman–Crippen LogP) is 5.14. The standard InChI is InChI=1S/C22H26ClFN2O/c1-15-9-11-26(12-10-15)20-7-4-17(5-8-20)16(2)25-22(27)13-18-3-6-19(23)14-21(18)24/h3-8,14-16H,9-13H2,1-2H3,(H,25,27)/t16-/m0/s1. The Morgan fingerprint density at radius 2 is 1.89 bits per heavy atom. The molecule has 0 saturated carbocycles. The van der Waals surface area contributed by atoms with Crippen molar-refractivity contribution in [2.75, 3.05) is 18.0 Å². The third-order valence-corrected chi connectivity index (χ3v) is 5.52. The van der Waals surface area contributed by atoms with Crippen molar-refractivity contribution in [3.05, 3.63) is 64.4 Å². The molecule has 27 heavy (non-hydrogen) atoms. The fourth-order valence-corrected chi connectivity index (χ4v) is 3.61. The zero-order valence-electron chi connectivity index (χ0n) is 15.8. The Balaban J connectivity index is 1.57. The molecule has 0 unspecified atom stereocenters. The van der Waals surface area contributed by atoms with Gasteiger partial charge < -0.3 is 10.2 Å². The highest BCUT2D eigenvalue weighted by Gasteiger charge is 2.17. The van der Waals surface area contributed by atoms with Gasteiger partial charge in [0.25, 0.3) is 0 Å². The van der Waals surface area contributed by atoms with Crippen molar-refractivity contribution >= 4 is 23.2 Å². The van der Waals surface area contributed by atoms with Crippen LogP contribution in [0.25, 0.3) is 0 Å². The van der Waals surface area contributed by atoms with Crippen LogP contribution < -0.4 is 10.2 Å². The third-order valence-electron chi connectivity index (χ3n) is 5.29. The average Bonchev–Trinajstić information content (AvgIpc) is 2.65. The Bertz CT molecular complexity index is 785. The van der Waals surface area contributed by atoms with Gasteiger partial charge in [-0.2, -0.15) is 0 Å². The number of rotatable bonds is 5. The molecule has 0 bridgehead atoms. The van der Waals surface area contributed by atoms with E-state index < -0.39 is 5.82 Å². The third kappa shape index (κ3) is 5.23. The van der Waals surface area contributed by atoms with E-state index >= 15 is 0 Å². The molecule has 0 radical (unpaired) electrons. The molecule has 1 aliphatic heterocycles. The first-order valence-corrected chi connectivity index (χ1v) is 9.88. The molecule has 1 atom stereocenters. The van der Waals surface area contributed by atoms with E-state index in [0.29, 0.717) is 10.6 Å². The van der Waals surface area contributed by atoms with E-state index in [2.05, 4.69) is 41.4 Å². The maximum absolute atomic E-state index is 13.8. The lowest BCUT2D eigenvalue weighted by molar-refractivity contribution is -0.121. The second-order valence-electron chi connectivity index (χ2n) is 7.46. The van der Waals surface area contributed by atoms with Crippen molar-refractivity contribution in [1.29, 1.82) is 0 Å². The molecule has 1 aliphatic rings. The molecule has 1 amide bonds. The maximum atomic E-state index is 13.8. The van der Waals surface area contributed by atoms with Crippen LogP contribution in [0.3, 0.4) is 0 Å². The molecule has 5 heteroatoms. The summed E-state index contributed by atoms with van der Waals surface area (Å²) in [6, 6.07) is 12.6. The Hall–Kier alpha value is -2.07. The van der Waals surface area contributed by atoms with E-state index in [-0.39, 0.29) is 18.4 Å². The number of halogens is 2. The van der Waals surface area contributed by atoms with E-state index in [4.69, 9.17) is 11.6 Å². The molecular formula is C22H26ClFN2O. The fourth-order valence-electron chi connectivity index (χ4n) is 3.45. The first-order chi connectivity index (χ1) is 12.9. The highest BCUT2D eigenvalue weighted by Crippen LogP contribution is 2.24. The predicted molar refractivity (Wildman–Crippen MR) is 109 cm³/mol. The molecule has 3 rings (SSSR count). The van der Waals surface area contributed by atoms with Gasteiger partial charge in [0.05, 0.1) is 12.5 Å². The molecule has 1 saturated heterocycles. The number of anilines is 1. The highest BCUT2D eigenvalue weighted by atomic mass is 35.5. The first kappa shape index (κ1) is 19.7. The van der Waals surface area contributed by atoms with Gasteiger partial charge in [0.1, 0.15) is 5.82 Å². The number of hydrogen-bond acceptors (Lipinski definition) is 2. The average molecular weight is 389 g/mol. The zero-order valence-corrected chi connectivity index (χ0v) is 16.6. The summed E-state index contributed by atoms with van der Waals surface area (Å²) >= 11 is 5.75. The van der Waals surface area contributed by atoms with Gasteiger partial charge in [-0.1, -0.05) is 36.7 Å². The van der Waals surface area contributed by atoms with E-state index in [9.17, 15) is 9.18 Å². The Labute approximate surface area is 165 Å². The number of nitrogens with zero attached hydrogens (tertiary/aromatic N) is 1.